The van der Waals surface area contributed by atoms with Crippen LogP contribution in [0.5, 0.6) is 0 Å². The van der Waals surface area contributed by atoms with Crippen LogP contribution in [0.15, 0.2) is 23.1 Å². The van der Waals surface area contributed by atoms with Crippen molar-refractivity contribution in [3.05, 3.63) is 29.8 Å². The summed E-state index contributed by atoms with van der Waals surface area (Å²) in [4.78, 5) is 12.5. The number of thioether (sulfide) groups is 1. The van der Waals surface area contributed by atoms with Crippen molar-refractivity contribution in [1.82, 2.24) is 5.32 Å². The second-order valence-electron chi connectivity index (χ2n) is 5.10. The van der Waals surface area contributed by atoms with Crippen LogP contribution in [0, 0.1) is 11.6 Å². The van der Waals surface area contributed by atoms with Gasteiger partial charge >= 0.3 is 0 Å². The zero-order valence-electron chi connectivity index (χ0n) is 11.5. The van der Waals surface area contributed by atoms with Crippen LogP contribution in [-0.4, -0.2) is 23.7 Å². The summed E-state index contributed by atoms with van der Waals surface area (Å²) in [7, 11) is 0. The zero-order chi connectivity index (χ0) is 14.6. The summed E-state index contributed by atoms with van der Waals surface area (Å²) in [5, 5.41) is 2.99. The van der Waals surface area contributed by atoms with E-state index in [1.165, 1.54) is 17.8 Å². The number of hydrogen-bond acceptors (Lipinski definition) is 3. The normalized spacial score (nSPS) is 16.3. The van der Waals surface area contributed by atoms with Gasteiger partial charge in [-0.3, -0.25) is 4.79 Å². The minimum absolute atomic E-state index is 0. The summed E-state index contributed by atoms with van der Waals surface area (Å²) in [6.45, 7) is 0.439. The molecule has 1 aromatic carbocycles. The van der Waals surface area contributed by atoms with Crippen molar-refractivity contribution >= 4 is 30.1 Å². The van der Waals surface area contributed by atoms with Gasteiger partial charge < -0.3 is 11.1 Å². The quantitative estimate of drug-likeness (QED) is 0.813. The van der Waals surface area contributed by atoms with E-state index in [2.05, 4.69) is 5.32 Å². The monoisotopic (exact) mass is 336 g/mol. The van der Waals surface area contributed by atoms with Crippen molar-refractivity contribution in [1.29, 1.82) is 0 Å². The van der Waals surface area contributed by atoms with Gasteiger partial charge in [-0.25, -0.2) is 8.78 Å². The molecule has 3 nitrogen and oxygen atoms in total. The van der Waals surface area contributed by atoms with Gasteiger partial charge in [-0.2, -0.15) is 0 Å². The average molecular weight is 337 g/mol. The Morgan fingerprint density at radius 3 is 2.52 bits per heavy atom. The van der Waals surface area contributed by atoms with E-state index < -0.39 is 11.6 Å². The molecule has 0 aliphatic heterocycles. The van der Waals surface area contributed by atoms with Gasteiger partial charge in [0.25, 0.3) is 0 Å². The van der Waals surface area contributed by atoms with E-state index in [0.29, 0.717) is 11.4 Å². The Morgan fingerprint density at radius 2 is 1.95 bits per heavy atom. The molecule has 2 rings (SSSR count). The van der Waals surface area contributed by atoms with Gasteiger partial charge in [0.1, 0.15) is 0 Å². The van der Waals surface area contributed by atoms with Crippen LogP contribution in [0.3, 0.4) is 0 Å². The van der Waals surface area contributed by atoms with Gasteiger partial charge in [-0.1, -0.05) is 12.8 Å². The lowest BCUT2D eigenvalue weighted by Crippen LogP contribution is -2.52. The SMILES string of the molecule is Cl.NCC1(NC(=O)CSc2ccc(F)c(F)c2)CCCC1. The summed E-state index contributed by atoms with van der Waals surface area (Å²) in [6.07, 6.45) is 3.97. The van der Waals surface area contributed by atoms with Gasteiger partial charge in [0.15, 0.2) is 11.6 Å². The summed E-state index contributed by atoms with van der Waals surface area (Å²) in [5.41, 5.74) is 5.48. The fraction of sp³-hybridized carbons (Fsp3) is 0.500. The standard InChI is InChI=1S/C14H18F2N2OS.ClH/c15-11-4-3-10(7-12(11)16)20-8-13(19)18-14(9-17)5-1-2-6-14;/h3-4,7H,1-2,5-6,8-9,17H2,(H,18,19);1H. The predicted molar refractivity (Wildman–Crippen MR) is 82.7 cm³/mol. The molecule has 0 spiro atoms. The third kappa shape index (κ3) is 4.83. The Hall–Kier alpha value is -0.850. The Bertz CT molecular complexity index is 496. The molecule has 1 aliphatic rings. The van der Waals surface area contributed by atoms with E-state index in [-0.39, 0.29) is 29.6 Å². The van der Waals surface area contributed by atoms with Crippen molar-refractivity contribution < 1.29 is 13.6 Å². The maximum atomic E-state index is 13.0. The predicted octanol–water partition coefficient (Wildman–Crippen LogP) is 2.87. The molecule has 0 heterocycles. The van der Waals surface area contributed by atoms with Gasteiger partial charge in [0.05, 0.1) is 11.3 Å². The van der Waals surface area contributed by atoms with E-state index in [9.17, 15) is 13.6 Å². The number of nitrogens with one attached hydrogen (secondary N) is 1. The molecule has 118 valence electrons. The summed E-state index contributed by atoms with van der Waals surface area (Å²) < 4.78 is 25.8. The van der Waals surface area contributed by atoms with Gasteiger partial charge in [-0.05, 0) is 31.0 Å². The smallest absolute Gasteiger partial charge is 0.230 e. The number of nitrogens with two attached hydrogens (primary N) is 1. The van der Waals surface area contributed by atoms with Crippen molar-refractivity contribution in [3.63, 3.8) is 0 Å². The van der Waals surface area contributed by atoms with Crippen LogP contribution < -0.4 is 11.1 Å². The highest BCUT2D eigenvalue weighted by atomic mass is 35.5. The molecule has 1 amide bonds. The Labute approximate surface area is 133 Å². The van der Waals surface area contributed by atoms with Crippen LogP contribution in [0.1, 0.15) is 25.7 Å². The molecule has 7 heteroatoms. The first kappa shape index (κ1) is 18.2. The molecule has 0 radical (unpaired) electrons. The van der Waals surface area contributed by atoms with Crippen LogP contribution in [0.4, 0.5) is 8.78 Å². The number of benzene rings is 1. The summed E-state index contributed by atoms with van der Waals surface area (Å²) >= 11 is 1.18. The maximum absolute atomic E-state index is 13.0. The largest absolute Gasteiger partial charge is 0.349 e. The molecule has 0 atom stereocenters. The first-order chi connectivity index (χ1) is 9.54. The molecular weight excluding hydrogens is 318 g/mol. The maximum Gasteiger partial charge on any atom is 0.230 e. The van der Waals surface area contributed by atoms with Crippen molar-refractivity contribution in [2.75, 3.05) is 12.3 Å². The van der Waals surface area contributed by atoms with Gasteiger partial charge in [0.2, 0.25) is 5.91 Å². The molecule has 1 fully saturated rings. The Balaban J connectivity index is 0.00000220. The second kappa shape index (κ2) is 7.96. The third-order valence-electron chi connectivity index (χ3n) is 3.62. The lowest BCUT2D eigenvalue weighted by atomic mass is 9.98. The van der Waals surface area contributed by atoms with Gasteiger partial charge in [-0.15, -0.1) is 24.2 Å². The highest BCUT2D eigenvalue weighted by Gasteiger charge is 2.33. The summed E-state index contributed by atoms with van der Waals surface area (Å²) in [5.74, 6) is -1.73. The molecule has 1 aliphatic carbocycles. The van der Waals surface area contributed by atoms with E-state index in [0.717, 1.165) is 37.8 Å². The first-order valence-electron chi connectivity index (χ1n) is 6.64. The van der Waals surface area contributed by atoms with E-state index in [1.807, 2.05) is 0 Å². The number of rotatable bonds is 5. The van der Waals surface area contributed by atoms with Gasteiger partial charge in [0, 0.05) is 11.4 Å². The molecule has 0 unspecified atom stereocenters. The highest BCUT2D eigenvalue weighted by molar-refractivity contribution is 8.00. The summed E-state index contributed by atoms with van der Waals surface area (Å²) in [6, 6.07) is 3.63. The highest BCUT2D eigenvalue weighted by Crippen LogP contribution is 2.29. The molecule has 0 aromatic heterocycles. The second-order valence-corrected chi connectivity index (χ2v) is 6.15. The topological polar surface area (TPSA) is 55.1 Å². The molecule has 21 heavy (non-hydrogen) atoms. The van der Waals surface area contributed by atoms with Crippen molar-refractivity contribution in [3.8, 4) is 0 Å². The minimum atomic E-state index is -0.898. The number of amides is 1. The van der Waals surface area contributed by atoms with Crippen LogP contribution in [0.2, 0.25) is 0 Å². The lowest BCUT2D eigenvalue weighted by molar-refractivity contribution is -0.120. The van der Waals surface area contributed by atoms with Crippen molar-refractivity contribution in [2.24, 2.45) is 5.73 Å². The Kier molecular flexibility index (Phi) is 6.90. The molecule has 0 bridgehead atoms. The van der Waals surface area contributed by atoms with E-state index in [4.69, 9.17) is 5.73 Å². The van der Waals surface area contributed by atoms with E-state index >= 15 is 0 Å². The number of halogens is 3. The van der Waals surface area contributed by atoms with Crippen molar-refractivity contribution in [2.45, 2.75) is 36.1 Å². The lowest BCUT2D eigenvalue weighted by Gasteiger charge is -2.28. The fourth-order valence-electron chi connectivity index (χ4n) is 2.48. The molecule has 1 saturated carbocycles. The Morgan fingerprint density at radius 1 is 1.29 bits per heavy atom. The molecule has 0 saturated heterocycles. The molecular formula is C14H19ClF2N2OS. The minimum Gasteiger partial charge on any atom is -0.349 e. The van der Waals surface area contributed by atoms with Crippen LogP contribution in [-0.2, 0) is 4.79 Å². The fourth-order valence-corrected chi connectivity index (χ4v) is 3.20. The molecule has 1 aromatic rings. The third-order valence-corrected chi connectivity index (χ3v) is 4.61. The number of carbonyl (C=O) groups excluding carboxylic acids is 1. The van der Waals surface area contributed by atoms with Crippen LogP contribution >= 0.6 is 24.2 Å². The van der Waals surface area contributed by atoms with E-state index in [1.54, 1.807) is 0 Å². The number of hydrogen-bond donors (Lipinski definition) is 2. The molecule has 3 N–H and O–H groups in total. The van der Waals surface area contributed by atoms with Crippen LogP contribution in [0.25, 0.3) is 0 Å². The first-order valence-corrected chi connectivity index (χ1v) is 7.62. The zero-order valence-corrected chi connectivity index (χ0v) is 13.2. The average Bonchev–Trinajstić information content (AvgIpc) is 2.89. The number of carbonyl (C=O) groups is 1.